The van der Waals surface area contributed by atoms with E-state index >= 15 is 0 Å². The number of aryl methyl sites for hydroxylation is 1. The molecule has 0 aliphatic carbocycles. The monoisotopic (exact) mass is 263 g/mol. The molecule has 0 saturated carbocycles. The van der Waals surface area contributed by atoms with E-state index in [-0.39, 0.29) is 0 Å². The van der Waals surface area contributed by atoms with Gasteiger partial charge in [0.15, 0.2) is 5.70 Å². The fourth-order valence-corrected chi connectivity index (χ4v) is 1.93. The van der Waals surface area contributed by atoms with Crippen LogP contribution in [0.25, 0.3) is 6.08 Å². The Hall–Kier alpha value is -2.68. The number of carbonyl (C=O) groups excluding carboxylic acids is 1. The van der Waals surface area contributed by atoms with E-state index in [4.69, 9.17) is 4.74 Å². The highest BCUT2D eigenvalue weighted by molar-refractivity contribution is 6.12. The topological polar surface area (TPSA) is 38.7 Å². The summed E-state index contributed by atoms with van der Waals surface area (Å²) in [5, 5.41) is 0. The van der Waals surface area contributed by atoms with Crippen LogP contribution in [0, 0.1) is 6.92 Å². The van der Waals surface area contributed by atoms with E-state index in [1.807, 2.05) is 61.5 Å². The molecule has 3 nitrogen and oxygen atoms in total. The van der Waals surface area contributed by atoms with Crippen LogP contribution in [0.3, 0.4) is 0 Å². The first kappa shape index (κ1) is 12.4. The minimum absolute atomic E-state index is 0.327. The molecule has 0 fully saturated rings. The smallest absolute Gasteiger partial charge is 0.363 e. The second kappa shape index (κ2) is 5.13. The highest BCUT2D eigenvalue weighted by Crippen LogP contribution is 2.19. The Kier molecular flexibility index (Phi) is 3.17. The molecule has 0 spiro atoms. The fraction of sp³-hybridized carbons (Fsp3) is 0.0588. The van der Waals surface area contributed by atoms with Gasteiger partial charge in [0, 0.05) is 5.56 Å². The van der Waals surface area contributed by atoms with Crippen LogP contribution in [0.15, 0.2) is 65.3 Å². The Labute approximate surface area is 117 Å². The number of rotatable bonds is 2. The molecule has 98 valence electrons. The van der Waals surface area contributed by atoms with Gasteiger partial charge in [-0.25, -0.2) is 9.79 Å². The van der Waals surface area contributed by atoms with Crippen LogP contribution in [0.5, 0.6) is 0 Å². The Morgan fingerprint density at radius 3 is 2.40 bits per heavy atom. The summed E-state index contributed by atoms with van der Waals surface area (Å²) in [6, 6.07) is 17.3. The van der Waals surface area contributed by atoms with Gasteiger partial charge in [0.2, 0.25) is 5.90 Å². The summed E-state index contributed by atoms with van der Waals surface area (Å²) in [4.78, 5) is 16.1. The van der Waals surface area contributed by atoms with Gasteiger partial charge >= 0.3 is 5.97 Å². The number of esters is 1. The minimum Gasteiger partial charge on any atom is -0.402 e. The Balaban J connectivity index is 1.92. The summed E-state index contributed by atoms with van der Waals surface area (Å²) in [6.07, 6.45) is 1.73. The minimum atomic E-state index is -0.413. The molecular weight excluding hydrogens is 250 g/mol. The predicted octanol–water partition coefficient (Wildman–Crippen LogP) is 3.34. The molecule has 2 aromatic rings. The van der Waals surface area contributed by atoms with Crippen molar-refractivity contribution in [1.29, 1.82) is 0 Å². The zero-order chi connectivity index (χ0) is 13.9. The molecule has 2 aromatic carbocycles. The van der Waals surface area contributed by atoms with Crippen LogP contribution in [-0.2, 0) is 9.53 Å². The molecule has 20 heavy (non-hydrogen) atoms. The Morgan fingerprint density at radius 2 is 1.70 bits per heavy atom. The summed E-state index contributed by atoms with van der Waals surface area (Å²) in [6.45, 7) is 2.02. The molecule has 0 bridgehead atoms. The maximum Gasteiger partial charge on any atom is 0.363 e. The summed E-state index contributed by atoms with van der Waals surface area (Å²) in [5.41, 5.74) is 3.23. The SMILES string of the molecule is Cc1ccc(/C=C2\N=C(c3ccccc3)OC2=O)cc1. The Bertz CT molecular complexity index is 698. The second-order valence-corrected chi connectivity index (χ2v) is 4.61. The molecule has 1 aliphatic rings. The van der Waals surface area contributed by atoms with Crippen molar-refractivity contribution in [3.05, 3.63) is 77.0 Å². The number of carbonyl (C=O) groups is 1. The molecule has 1 heterocycles. The molecule has 3 heteroatoms. The predicted molar refractivity (Wildman–Crippen MR) is 78.2 cm³/mol. The van der Waals surface area contributed by atoms with Gasteiger partial charge in [0.1, 0.15) is 0 Å². The average Bonchev–Trinajstić information content (AvgIpc) is 2.84. The third-order valence-electron chi connectivity index (χ3n) is 3.02. The molecule has 0 unspecified atom stereocenters. The lowest BCUT2D eigenvalue weighted by Crippen LogP contribution is -2.04. The number of cyclic esters (lactones) is 1. The van der Waals surface area contributed by atoms with Crippen molar-refractivity contribution >= 4 is 17.9 Å². The molecule has 3 rings (SSSR count). The third kappa shape index (κ3) is 2.52. The lowest BCUT2D eigenvalue weighted by molar-refractivity contribution is -0.129. The van der Waals surface area contributed by atoms with Crippen molar-refractivity contribution in [3.63, 3.8) is 0 Å². The van der Waals surface area contributed by atoms with Crippen LogP contribution in [0.1, 0.15) is 16.7 Å². The number of benzene rings is 2. The largest absolute Gasteiger partial charge is 0.402 e. The molecular formula is C17H13NO2. The van der Waals surface area contributed by atoms with Gasteiger partial charge in [-0.15, -0.1) is 0 Å². The van der Waals surface area contributed by atoms with E-state index in [1.54, 1.807) is 6.08 Å². The van der Waals surface area contributed by atoms with Crippen molar-refractivity contribution in [3.8, 4) is 0 Å². The van der Waals surface area contributed by atoms with E-state index in [1.165, 1.54) is 5.56 Å². The molecule has 0 amide bonds. The summed E-state index contributed by atoms with van der Waals surface area (Å²) < 4.78 is 5.20. The number of ether oxygens (including phenoxy) is 1. The quantitative estimate of drug-likeness (QED) is 0.615. The van der Waals surface area contributed by atoms with Crippen molar-refractivity contribution < 1.29 is 9.53 Å². The molecule has 0 saturated heterocycles. The van der Waals surface area contributed by atoms with E-state index in [0.717, 1.165) is 11.1 Å². The molecule has 1 aliphatic heterocycles. The number of nitrogens with zero attached hydrogens (tertiary/aromatic N) is 1. The van der Waals surface area contributed by atoms with Crippen LogP contribution in [0.4, 0.5) is 0 Å². The van der Waals surface area contributed by atoms with Gasteiger partial charge in [-0.2, -0.15) is 0 Å². The average molecular weight is 263 g/mol. The van der Waals surface area contributed by atoms with Gasteiger partial charge in [-0.1, -0.05) is 48.0 Å². The maximum atomic E-state index is 11.8. The van der Waals surface area contributed by atoms with Crippen molar-refractivity contribution in [1.82, 2.24) is 0 Å². The van der Waals surface area contributed by atoms with Crippen LogP contribution < -0.4 is 0 Å². The highest BCUT2D eigenvalue weighted by atomic mass is 16.6. The first-order chi connectivity index (χ1) is 9.72. The normalized spacial score (nSPS) is 16.1. The second-order valence-electron chi connectivity index (χ2n) is 4.61. The summed E-state index contributed by atoms with van der Waals surface area (Å²) in [5.74, 6) is -0.0570. The lowest BCUT2D eigenvalue weighted by Gasteiger charge is -1.97. The molecule has 0 aromatic heterocycles. The standard InChI is InChI=1S/C17H13NO2/c1-12-7-9-13(10-8-12)11-15-17(19)20-16(18-15)14-5-3-2-4-6-14/h2-11H,1H3/b15-11-. The first-order valence-electron chi connectivity index (χ1n) is 6.37. The number of aliphatic imine (C=N–C) groups is 1. The van der Waals surface area contributed by atoms with E-state index < -0.39 is 5.97 Å². The summed E-state index contributed by atoms with van der Waals surface area (Å²) >= 11 is 0. The van der Waals surface area contributed by atoms with Crippen molar-refractivity contribution in [2.45, 2.75) is 6.92 Å². The summed E-state index contributed by atoms with van der Waals surface area (Å²) in [7, 11) is 0. The Morgan fingerprint density at radius 1 is 1.00 bits per heavy atom. The van der Waals surface area contributed by atoms with Gasteiger partial charge in [-0.3, -0.25) is 0 Å². The fourth-order valence-electron chi connectivity index (χ4n) is 1.93. The zero-order valence-electron chi connectivity index (χ0n) is 11.0. The van der Waals surface area contributed by atoms with E-state index in [2.05, 4.69) is 4.99 Å². The third-order valence-corrected chi connectivity index (χ3v) is 3.02. The molecule has 0 N–H and O–H groups in total. The number of hydrogen-bond donors (Lipinski definition) is 0. The van der Waals surface area contributed by atoms with Gasteiger partial charge in [0.05, 0.1) is 0 Å². The van der Waals surface area contributed by atoms with Crippen LogP contribution >= 0.6 is 0 Å². The van der Waals surface area contributed by atoms with E-state index in [9.17, 15) is 4.79 Å². The van der Waals surface area contributed by atoms with Gasteiger partial charge in [0.25, 0.3) is 0 Å². The van der Waals surface area contributed by atoms with Crippen LogP contribution in [0.2, 0.25) is 0 Å². The number of hydrogen-bond acceptors (Lipinski definition) is 3. The van der Waals surface area contributed by atoms with Gasteiger partial charge in [-0.05, 0) is 30.7 Å². The van der Waals surface area contributed by atoms with Crippen LogP contribution in [-0.4, -0.2) is 11.9 Å². The lowest BCUT2D eigenvalue weighted by atomic mass is 10.1. The zero-order valence-corrected chi connectivity index (χ0v) is 11.0. The van der Waals surface area contributed by atoms with E-state index in [0.29, 0.717) is 11.6 Å². The van der Waals surface area contributed by atoms with Crippen molar-refractivity contribution in [2.24, 2.45) is 4.99 Å². The van der Waals surface area contributed by atoms with Crippen molar-refractivity contribution in [2.75, 3.05) is 0 Å². The first-order valence-corrected chi connectivity index (χ1v) is 6.37. The maximum absolute atomic E-state index is 11.8. The van der Waals surface area contributed by atoms with Gasteiger partial charge < -0.3 is 4.74 Å². The molecule has 0 radical (unpaired) electrons. The highest BCUT2D eigenvalue weighted by Gasteiger charge is 2.23. The molecule has 0 atom stereocenters.